The van der Waals surface area contributed by atoms with E-state index >= 15 is 0 Å². The van der Waals surface area contributed by atoms with Gasteiger partial charge in [-0.2, -0.15) is 5.01 Å². The minimum absolute atomic E-state index is 0.0816. The Bertz CT molecular complexity index is 320. The summed E-state index contributed by atoms with van der Waals surface area (Å²) in [6.07, 6.45) is -0.293. The van der Waals surface area contributed by atoms with E-state index in [4.69, 9.17) is 19.4 Å². The maximum atomic E-state index is 11.4. The van der Waals surface area contributed by atoms with Crippen molar-refractivity contribution in [1.82, 2.24) is 10.3 Å². The summed E-state index contributed by atoms with van der Waals surface area (Å²) < 4.78 is 9.81. The molecule has 1 heterocycles. The van der Waals surface area contributed by atoms with Crippen molar-refractivity contribution in [3.8, 4) is 0 Å². The largest absolute Gasteiger partial charge is 0.511 e. The number of hydrazine groups is 1. The first-order chi connectivity index (χ1) is 9.23. The van der Waals surface area contributed by atoms with Gasteiger partial charge in [0, 0.05) is 18.8 Å². The summed E-state index contributed by atoms with van der Waals surface area (Å²) in [5, 5.41) is 20.9. The van der Waals surface area contributed by atoms with E-state index in [2.05, 4.69) is 0 Å². The molecule has 0 saturated carbocycles. The fraction of sp³-hybridized carbons (Fsp3) is 0.917. The highest BCUT2D eigenvalue weighted by molar-refractivity contribution is 5.60. The maximum Gasteiger partial charge on any atom is 0.511 e. The summed E-state index contributed by atoms with van der Waals surface area (Å²) in [5.41, 5.74) is -0.660. The highest BCUT2D eigenvalue weighted by Crippen LogP contribution is 2.19. The van der Waals surface area contributed by atoms with E-state index in [-0.39, 0.29) is 12.6 Å². The van der Waals surface area contributed by atoms with Crippen LogP contribution < -0.4 is 0 Å². The third kappa shape index (κ3) is 5.59. The van der Waals surface area contributed by atoms with Crippen LogP contribution in [-0.4, -0.2) is 57.9 Å². The molecule has 1 rings (SSSR count). The Morgan fingerprint density at radius 3 is 2.70 bits per heavy atom. The molecule has 2 unspecified atom stereocenters. The second-order valence-electron chi connectivity index (χ2n) is 5.65. The molecule has 0 aromatic rings. The highest BCUT2D eigenvalue weighted by Gasteiger charge is 2.31. The Labute approximate surface area is 118 Å². The van der Waals surface area contributed by atoms with E-state index in [1.54, 1.807) is 20.8 Å². The molecule has 2 N–H and O–H groups in total. The second kappa shape index (κ2) is 7.19. The molecule has 0 radical (unpaired) electrons. The van der Waals surface area contributed by atoms with E-state index in [1.165, 1.54) is 11.9 Å². The van der Waals surface area contributed by atoms with Gasteiger partial charge in [0.25, 0.3) is 0 Å². The number of aliphatic hydroxyl groups is 1. The van der Waals surface area contributed by atoms with Gasteiger partial charge in [0.2, 0.25) is 6.29 Å². The molecule has 20 heavy (non-hydrogen) atoms. The van der Waals surface area contributed by atoms with Crippen LogP contribution in [0.25, 0.3) is 0 Å². The first-order valence-corrected chi connectivity index (χ1v) is 6.65. The van der Waals surface area contributed by atoms with Crippen LogP contribution in [0.3, 0.4) is 0 Å². The fourth-order valence-electron chi connectivity index (χ4n) is 1.86. The van der Waals surface area contributed by atoms with Gasteiger partial charge in [0.05, 0.1) is 12.6 Å². The number of hydrogen-bond donors (Lipinski definition) is 2. The van der Waals surface area contributed by atoms with E-state index in [0.29, 0.717) is 11.9 Å². The Morgan fingerprint density at radius 1 is 1.50 bits per heavy atom. The molecule has 0 aromatic carbocycles. The summed E-state index contributed by atoms with van der Waals surface area (Å²) in [6.45, 7) is 7.08. The first kappa shape index (κ1) is 17.1. The Hall–Kier alpha value is -0.930. The van der Waals surface area contributed by atoms with Crippen molar-refractivity contribution in [1.29, 1.82) is 0 Å². The van der Waals surface area contributed by atoms with Gasteiger partial charge in [-0.1, -0.05) is 0 Å². The van der Waals surface area contributed by atoms with E-state index < -0.39 is 18.0 Å². The number of nitrogens with zero attached hydrogens (tertiary/aromatic N) is 2. The van der Waals surface area contributed by atoms with E-state index in [9.17, 15) is 10.0 Å². The quantitative estimate of drug-likeness (QED) is 0.445. The van der Waals surface area contributed by atoms with Gasteiger partial charge in [-0.05, 0) is 33.6 Å². The smallest absolute Gasteiger partial charge is 0.429 e. The standard InChI is InChI=1S/C12H24N2O6/c1-9(18-11(16)19-12(2,3)4)20-14(17)13-7-5-6-10(13)8-15/h9-10,15,17H,5-8H2,1-4H3. The van der Waals surface area contributed by atoms with Crippen molar-refractivity contribution in [3.63, 3.8) is 0 Å². The summed E-state index contributed by atoms with van der Waals surface area (Å²) in [7, 11) is 0. The van der Waals surface area contributed by atoms with Crippen LogP contribution in [0.1, 0.15) is 40.5 Å². The number of rotatable bonds is 5. The molecule has 0 amide bonds. The summed E-state index contributed by atoms with van der Waals surface area (Å²) >= 11 is 0. The summed E-state index contributed by atoms with van der Waals surface area (Å²) in [5.74, 6) is 0. The van der Waals surface area contributed by atoms with Crippen LogP contribution in [0.2, 0.25) is 0 Å². The molecular formula is C12H24N2O6. The average molecular weight is 292 g/mol. The lowest BCUT2D eigenvalue weighted by molar-refractivity contribution is -0.476. The Morgan fingerprint density at radius 2 is 2.15 bits per heavy atom. The number of ether oxygens (including phenoxy) is 2. The third-order valence-electron chi connectivity index (χ3n) is 2.67. The zero-order valence-electron chi connectivity index (χ0n) is 12.4. The van der Waals surface area contributed by atoms with Crippen LogP contribution in [0.15, 0.2) is 0 Å². The summed E-state index contributed by atoms with van der Waals surface area (Å²) in [6, 6.07) is -0.200. The number of hydrogen-bond acceptors (Lipinski definition) is 8. The molecule has 0 spiro atoms. The van der Waals surface area contributed by atoms with Crippen LogP contribution in [0.5, 0.6) is 0 Å². The van der Waals surface area contributed by atoms with Gasteiger partial charge in [-0.25, -0.2) is 9.63 Å². The fourth-order valence-corrected chi connectivity index (χ4v) is 1.86. The van der Waals surface area contributed by atoms with E-state index in [0.717, 1.165) is 12.8 Å². The van der Waals surface area contributed by atoms with Crippen LogP contribution in [0.4, 0.5) is 4.79 Å². The van der Waals surface area contributed by atoms with Gasteiger partial charge in [0.1, 0.15) is 5.60 Å². The highest BCUT2D eigenvalue weighted by atomic mass is 17.0. The van der Waals surface area contributed by atoms with Gasteiger partial charge < -0.3 is 14.6 Å². The monoisotopic (exact) mass is 292 g/mol. The SMILES string of the molecule is CC(OC(=O)OC(C)(C)C)ON(O)N1CCCC1CO. The topological polar surface area (TPSA) is 91.7 Å². The molecule has 1 fully saturated rings. The van der Waals surface area contributed by atoms with Gasteiger partial charge >= 0.3 is 6.16 Å². The van der Waals surface area contributed by atoms with Crippen molar-refractivity contribution >= 4 is 6.16 Å². The predicted octanol–water partition coefficient (Wildman–Crippen LogP) is 1.28. The van der Waals surface area contributed by atoms with Crippen LogP contribution >= 0.6 is 0 Å². The molecule has 1 saturated heterocycles. The van der Waals surface area contributed by atoms with Crippen molar-refractivity contribution in [3.05, 3.63) is 0 Å². The molecule has 2 atom stereocenters. The Balaban J connectivity index is 2.38. The minimum Gasteiger partial charge on any atom is -0.429 e. The van der Waals surface area contributed by atoms with Gasteiger partial charge in [-0.15, -0.1) is 0 Å². The third-order valence-corrected chi connectivity index (χ3v) is 2.67. The number of carbonyl (C=O) groups excluding carboxylic acids is 1. The van der Waals surface area contributed by atoms with Gasteiger partial charge in [-0.3, -0.25) is 5.21 Å². The number of carbonyl (C=O) groups is 1. The second-order valence-corrected chi connectivity index (χ2v) is 5.65. The average Bonchev–Trinajstić information content (AvgIpc) is 2.73. The summed E-state index contributed by atoms with van der Waals surface area (Å²) in [4.78, 5) is 16.4. The molecule has 0 aliphatic carbocycles. The van der Waals surface area contributed by atoms with Crippen molar-refractivity contribution in [2.75, 3.05) is 13.2 Å². The van der Waals surface area contributed by atoms with Crippen molar-refractivity contribution < 1.29 is 29.4 Å². The zero-order chi connectivity index (χ0) is 15.3. The van der Waals surface area contributed by atoms with Crippen molar-refractivity contribution in [2.24, 2.45) is 0 Å². The minimum atomic E-state index is -1.02. The molecule has 8 heteroatoms. The lowest BCUT2D eigenvalue weighted by Crippen LogP contribution is -2.46. The first-order valence-electron chi connectivity index (χ1n) is 6.65. The zero-order valence-corrected chi connectivity index (χ0v) is 12.4. The molecule has 0 aromatic heterocycles. The normalized spacial score (nSPS) is 22.1. The van der Waals surface area contributed by atoms with Crippen molar-refractivity contribution in [2.45, 2.75) is 58.5 Å². The molecular weight excluding hydrogens is 268 g/mol. The van der Waals surface area contributed by atoms with Gasteiger partial charge in [0.15, 0.2) is 0 Å². The van der Waals surface area contributed by atoms with E-state index in [1.807, 2.05) is 0 Å². The van der Waals surface area contributed by atoms with Crippen LogP contribution in [0, 0.1) is 0 Å². The Kier molecular flexibility index (Phi) is 6.15. The lowest BCUT2D eigenvalue weighted by atomic mass is 10.2. The maximum absolute atomic E-state index is 11.4. The molecule has 1 aliphatic rings. The van der Waals surface area contributed by atoms with Crippen LogP contribution in [-0.2, 0) is 14.3 Å². The lowest BCUT2D eigenvalue weighted by Gasteiger charge is -2.30. The molecule has 8 nitrogen and oxygen atoms in total. The number of aliphatic hydroxyl groups excluding tert-OH is 1. The molecule has 1 aliphatic heterocycles. The molecule has 118 valence electrons. The predicted molar refractivity (Wildman–Crippen MR) is 68.3 cm³/mol. The molecule has 0 bridgehead atoms.